The highest BCUT2D eigenvalue weighted by atomic mass is 35.5. The number of hydrogen-bond donors (Lipinski definition) is 2. The first-order valence-electron chi connectivity index (χ1n) is 7.51. The highest BCUT2D eigenvalue weighted by molar-refractivity contribution is 7.79. The van der Waals surface area contributed by atoms with Crippen LogP contribution in [0.5, 0.6) is 0 Å². The van der Waals surface area contributed by atoms with E-state index in [9.17, 15) is 9.00 Å². The topological polar surface area (TPSA) is 84.2 Å². The molecule has 0 aliphatic heterocycles. The first-order valence-corrected chi connectivity index (χ1v) is 9.17. The number of carbonyl (C=O) groups is 1. The van der Waals surface area contributed by atoms with Crippen molar-refractivity contribution >= 4 is 39.6 Å². The van der Waals surface area contributed by atoms with E-state index >= 15 is 0 Å². The number of aromatic nitrogens is 2. The van der Waals surface area contributed by atoms with Crippen molar-refractivity contribution < 1.29 is 13.6 Å². The van der Waals surface area contributed by atoms with Gasteiger partial charge in [-0.05, 0) is 36.8 Å². The summed E-state index contributed by atoms with van der Waals surface area (Å²) in [6, 6.07) is 12.7. The van der Waals surface area contributed by atoms with Crippen molar-refractivity contribution in [3.05, 3.63) is 64.4 Å². The third-order valence-electron chi connectivity index (χ3n) is 3.84. The fraction of sp³-hybridized carbons (Fsp3) is 0.176. The summed E-state index contributed by atoms with van der Waals surface area (Å²) in [5.74, 6) is 0.0887. The lowest BCUT2D eigenvalue weighted by molar-refractivity contribution is 0.0960. The van der Waals surface area contributed by atoms with Gasteiger partial charge in [-0.1, -0.05) is 29.8 Å². The van der Waals surface area contributed by atoms with E-state index in [1.165, 1.54) is 0 Å². The van der Waals surface area contributed by atoms with E-state index in [1.54, 1.807) is 18.2 Å². The van der Waals surface area contributed by atoms with Gasteiger partial charge < -0.3 is 14.4 Å². The zero-order chi connectivity index (χ0) is 18.0. The molecule has 3 aromatic rings. The molecule has 0 aliphatic carbocycles. The van der Waals surface area contributed by atoms with Crippen molar-refractivity contribution in [2.75, 3.05) is 5.88 Å². The molecule has 0 radical (unpaired) electrons. The Morgan fingerprint density at radius 2 is 2.08 bits per heavy atom. The molecular weight excluding hydrogens is 362 g/mol. The van der Waals surface area contributed by atoms with Crippen LogP contribution in [0.3, 0.4) is 0 Å². The van der Waals surface area contributed by atoms with E-state index in [0.29, 0.717) is 17.1 Å². The van der Waals surface area contributed by atoms with Gasteiger partial charge >= 0.3 is 0 Å². The Morgan fingerprint density at radius 3 is 2.80 bits per heavy atom. The summed E-state index contributed by atoms with van der Waals surface area (Å²) in [5, 5.41) is 3.08. The Hall–Kier alpha value is -2.22. The predicted molar refractivity (Wildman–Crippen MR) is 98.1 cm³/mol. The lowest BCUT2D eigenvalue weighted by Crippen LogP contribution is -2.26. The number of rotatable bonds is 5. The predicted octanol–water partition coefficient (Wildman–Crippen LogP) is 2.96. The number of fused-ring (bicyclic) bond motifs is 1. The van der Waals surface area contributed by atoms with Gasteiger partial charge in [0.1, 0.15) is 11.7 Å². The van der Waals surface area contributed by atoms with Gasteiger partial charge in [0.15, 0.2) is 11.1 Å². The van der Waals surface area contributed by atoms with Crippen LogP contribution in [0.4, 0.5) is 0 Å². The van der Waals surface area contributed by atoms with Crippen LogP contribution in [0.1, 0.15) is 21.7 Å². The summed E-state index contributed by atoms with van der Waals surface area (Å²) in [4.78, 5) is 16.6. The molecule has 2 N–H and O–H groups in total. The van der Waals surface area contributed by atoms with Crippen molar-refractivity contribution in [2.24, 2.45) is 0 Å². The number of halogens is 1. The fourth-order valence-electron chi connectivity index (χ4n) is 2.61. The minimum atomic E-state index is -2.08. The standard InChI is InChI=1S/C17H16ClN3O3S/c1-11-20-15-7-6-12(17(22)19-10-25(23)24)8-16(15)21(11)9-13-4-2-3-5-14(13)18/h2-8H,9-10H2,1H3,(H,19,22)(H,23,24). The maximum Gasteiger partial charge on any atom is 0.252 e. The van der Waals surface area contributed by atoms with Gasteiger partial charge in [0.2, 0.25) is 0 Å². The van der Waals surface area contributed by atoms with E-state index in [4.69, 9.17) is 16.2 Å². The average Bonchev–Trinajstić information content (AvgIpc) is 2.89. The zero-order valence-corrected chi connectivity index (χ0v) is 15.0. The molecule has 1 atom stereocenters. The molecule has 130 valence electrons. The fourth-order valence-corrected chi connectivity index (χ4v) is 3.06. The zero-order valence-electron chi connectivity index (χ0n) is 13.4. The van der Waals surface area contributed by atoms with Crippen molar-refractivity contribution in [2.45, 2.75) is 13.5 Å². The average molecular weight is 378 g/mol. The molecule has 25 heavy (non-hydrogen) atoms. The summed E-state index contributed by atoms with van der Waals surface area (Å²) >= 11 is 4.17. The number of amides is 1. The summed E-state index contributed by atoms with van der Waals surface area (Å²) in [7, 11) is 0. The second kappa shape index (κ2) is 7.35. The number of carbonyl (C=O) groups excluding carboxylic acids is 1. The van der Waals surface area contributed by atoms with Crippen molar-refractivity contribution in [1.82, 2.24) is 14.9 Å². The Balaban J connectivity index is 1.97. The van der Waals surface area contributed by atoms with E-state index in [-0.39, 0.29) is 5.88 Å². The molecule has 0 saturated heterocycles. The van der Waals surface area contributed by atoms with Gasteiger partial charge in [-0.2, -0.15) is 0 Å². The molecule has 6 nitrogen and oxygen atoms in total. The van der Waals surface area contributed by atoms with Gasteiger partial charge in [0, 0.05) is 10.6 Å². The normalized spacial score (nSPS) is 12.3. The smallest absolute Gasteiger partial charge is 0.252 e. The lowest BCUT2D eigenvalue weighted by Gasteiger charge is -2.09. The lowest BCUT2D eigenvalue weighted by atomic mass is 10.1. The molecule has 1 amide bonds. The van der Waals surface area contributed by atoms with Crippen LogP contribution in [0.15, 0.2) is 42.5 Å². The molecule has 1 aromatic heterocycles. The maximum atomic E-state index is 12.1. The van der Waals surface area contributed by atoms with E-state index in [2.05, 4.69) is 10.3 Å². The van der Waals surface area contributed by atoms with E-state index in [0.717, 1.165) is 22.4 Å². The van der Waals surface area contributed by atoms with Crippen LogP contribution < -0.4 is 5.32 Å². The molecular formula is C17H16ClN3O3S. The number of benzene rings is 2. The third-order valence-corrected chi connectivity index (χ3v) is 4.60. The minimum Gasteiger partial charge on any atom is -0.338 e. The Kier molecular flexibility index (Phi) is 5.17. The summed E-state index contributed by atoms with van der Waals surface area (Å²) in [5.41, 5.74) is 2.93. The number of hydrogen-bond acceptors (Lipinski definition) is 3. The van der Waals surface area contributed by atoms with Crippen LogP contribution in [-0.4, -0.2) is 30.1 Å². The van der Waals surface area contributed by atoms with Gasteiger partial charge in [0.05, 0.1) is 17.6 Å². The van der Waals surface area contributed by atoms with Crippen LogP contribution >= 0.6 is 11.6 Å². The molecule has 2 aromatic carbocycles. The molecule has 3 rings (SSSR count). The largest absolute Gasteiger partial charge is 0.338 e. The molecule has 0 saturated carbocycles. The number of nitrogens with one attached hydrogen (secondary N) is 1. The number of aryl methyl sites for hydroxylation is 1. The van der Waals surface area contributed by atoms with Gasteiger partial charge in [0.25, 0.3) is 5.91 Å². The van der Waals surface area contributed by atoms with E-state index in [1.807, 2.05) is 35.8 Å². The molecule has 1 unspecified atom stereocenters. The Morgan fingerprint density at radius 1 is 1.32 bits per heavy atom. The maximum absolute atomic E-state index is 12.1. The molecule has 1 heterocycles. The van der Waals surface area contributed by atoms with Gasteiger partial charge in [-0.3, -0.25) is 4.79 Å². The highest BCUT2D eigenvalue weighted by Crippen LogP contribution is 2.22. The Bertz CT molecular complexity index is 971. The number of imidazole rings is 1. The monoisotopic (exact) mass is 377 g/mol. The first-order chi connectivity index (χ1) is 12.0. The summed E-state index contributed by atoms with van der Waals surface area (Å²) in [6.45, 7) is 2.43. The molecule has 0 bridgehead atoms. The third kappa shape index (κ3) is 3.89. The van der Waals surface area contributed by atoms with Crippen LogP contribution in [0, 0.1) is 6.92 Å². The highest BCUT2D eigenvalue weighted by Gasteiger charge is 2.13. The van der Waals surface area contributed by atoms with Crippen molar-refractivity contribution in [1.29, 1.82) is 0 Å². The van der Waals surface area contributed by atoms with E-state index < -0.39 is 17.0 Å². The second-order valence-corrected chi connectivity index (χ2v) is 6.85. The van der Waals surface area contributed by atoms with Gasteiger partial charge in [-0.15, -0.1) is 0 Å². The molecule has 0 aliphatic rings. The SMILES string of the molecule is Cc1nc2ccc(C(=O)NCS(=O)O)cc2n1Cc1ccccc1Cl. The second-order valence-electron chi connectivity index (χ2n) is 5.51. The molecule has 0 spiro atoms. The van der Waals surface area contributed by atoms with Crippen LogP contribution in [-0.2, 0) is 17.6 Å². The minimum absolute atomic E-state index is 0.311. The Labute approximate surface area is 152 Å². The van der Waals surface area contributed by atoms with Crippen molar-refractivity contribution in [3.8, 4) is 0 Å². The van der Waals surface area contributed by atoms with Crippen molar-refractivity contribution in [3.63, 3.8) is 0 Å². The van der Waals surface area contributed by atoms with Crippen LogP contribution in [0.25, 0.3) is 11.0 Å². The summed E-state index contributed by atoms with van der Waals surface area (Å²) < 4.78 is 21.5. The quantitative estimate of drug-likeness (QED) is 0.669. The first kappa shape index (κ1) is 17.6. The molecule has 8 heteroatoms. The van der Waals surface area contributed by atoms with Crippen LogP contribution in [0.2, 0.25) is 5.02 Å². The molecule has 0 fully saturated rings. The van der Waals surface area contributed by atoms with Gasteiger partial charge in [-0.25, -0.2) is 9.19 Å². The number of nitrogens with zero attached hydrogens (tertiary/aromatic N) is 2. The summed E-state index contributed by atoms with van der Waals surface area (Å²) in [6.07, 6.45) is 0.